The number of carbonyl (C=O) groups is 1. The lowest BCUT2D eigenvalue weighted by Gasteiger charge is -2.40. The second-order valence-electron chi connectivity index (χ2n) is 9.19. The van der Waals surface area contributed by atoms with Crippen LogP contribution in [0.5, 0.6) is 0 Å². The van der Waals surface area contributed by atoms with E-state index in [1.807, 2.05) is 41.3 Å². The molecule has 3 fully saturated rings. The molecular weight excluding hydrogens is 456 g/mol. The number of likely N-dealkylation sites (tertiary alicyclic amines) is 1. The summed E-state index contributed by atoms with van der Waals surface area (Å²) in [5, 5.41) is 14.1. The number of aromatic nitrogens is 4. The van der Waals surface area contributed by atoms with E-state index in [1.54, 1.807) is 4.52 Å². The zero-order chi connectivity index (χ0) is 23.1. The van der Waals surface area contributed by atoms with Crippen molar-refractivity contribution in [2.45, 2.75) is 31.5 Å². The molecule has 0 bridgehead atoms. The summed E-state index contributed by atoms with van der Waals surface area (Å²) in [5.74, 6) is 1.41. The lowest BCUT2D eigenvalue weighted by atomic mass is 9.93. The third-order valence-corrected chi connectivity index (χ3v) is 7.42. The first-order chi connectivity index (χ1) is 16.6. The first-order valence-electron chi connectivity index (χ1n) is 11.9. The highest BCUT2D eigenvalue weighted by atomic mass is 35.5. The number of ether oxygens (including phenoxy) is 2. The number of amides is 1. The van der Waals surface area contributed by atoms with E-state index in [0.717, 1.165) is 50.2 Å². The Labute approximate surface area is 202 Å². The van der Waals surface area contributed by atoms with Gasteiger partial charge in [-0.15, -0.1) is 15.3 Å². The van der Waals surface area contributed by atoms with Gasteiger partial charge < -0.3 is 19.3 Å². The maximum absolute atomic E-state index is 13.1. The molecule has 1 aromatic carbocycles. The standard InChI is InChI=1S/C24H27ClN6O3/c25-19-3-1-17(2-4-19)22-27-26-20-5-6-21(28-31(20)22)29-11-7-18(8-12-29)23(32)30-13-9-24(10-14-30)33-15-16-34-24/h1-6,18H,7-16H2. The predicted octanol–water partition coefficient (Wildman–Crippen LogP) is 3.03. The molecule has 3 aliphatic heterocycles. The van der Waals surface area contributed by atoms with Crippen LogP contribution in [0.25, 0.3) is 17.0 Å². The minimum absolute atomic E-state index is 0.0546. The fraction of sp³-hybridized carbons (Fsp3) is 0.500. The lowest BCUT2D eigenvalue weighted by Crippen LogP contribution is -2.50. The molecule has 34 heavy (non-hydrogen) atoms. The SMILES string of the molecule is O=C(C1CCN(c2ccc3nnc(-c4ccc(Cl)cc4)n3n2)CC1)N1CCC2(CC1)OCCO2. The van der Waals surface area contributed by atoms with Crippen molar-refractivity contribution in [2.24, 2.45) is 5.92 Å². The van der Waals surface area contributed by atoms with Crippen molar-refractivity contribution in [3.63, 3.8) is 0 Å². The van der Waals surface area contributed by atoms with Gasteiger partial charge in [0.2, 0.25) is 5.91 Å². The summed E-state index contributed by atoms with van der Waals surface area (Å²) in [6, 6.07) is 11.4. The molecule has 0 unspecified atom stereocenters. The molecule has 0 saturated carbocycles. The largest absolute Gasteiger partial charge is 0.355 e. The first kappa shape index (κ1) is 21.8. The summed E-state index contributed by atoms with van der Waals surface area (Å²) >= 11 is 6.03. The summed E-state index contributed by atoms with van der Waals surface area (Å²) < 4.78 is 13.4. The molecular formula is C24H27ClN6O3. The van der Waals surface area contributed by atoms with E-state index < -0.39 is 5.79 Å². The third kappa shape index (κ3) is 4.01. The zero-order valence-corrected chi connectivity index (χ0v) is 19.7. The number of rotatable bonds is 3. The van der Waals surface area contributed by atoms with Crippen molar-refractivity contribution in [1.82, 2.24) is 24.7 Å². The zero-order valence-electron chi connectivity index (χ0n) is 18.9. The van der Waals surface area contributed by atoms with Crippen molar-refractivity contribution < 1.29 is 14.3 Å². The number of halogens is 1. The Morgan fingerprint density at radius 2 is 1.65 bits per heavy atom. The number of carbonyl (C=O) groups excluding carboxylic acids is 1. The van der Waals surface area contributed by atoms with Gasteiger partial charge in [-0.05, 0) is 49.2 Å². The second kappa shape index (κ2) is 8.79. The molecule has 0 aliphatic carbocycles. The number of hydrogen-bond acceptors (Lipinski definition) is 7. The van der Waals surface area contributed by atoms with Crippen molar-refractivity contribution >= 4 is 29.0 Å². The Balaban J connectivity index is 1.11. The van der Waals surface area contributed by atoms with E-state index in [4.69, 9.17) is 26.2 Å². The lowest BCUT2D eigenvalue weighted by molar-refractivity contribution is -0.188. The maximum Gasteiger partial charge on any atom is 0.225 e. The van der Waals surface area contributed by atoms with Gasteiger partial charge in [0.1, 0.15) is 5.82 Å². The summed E-state index contributed by atoms with van der Waals surface area (Å²) in [5.41, 5.74) is 1.60. The Morgan fingerprint density at radius 3 is 2.35 bits per heavy atom. The Morgan fingerprint density at radius 1 is 0.941 bits per heavy atom. The average Bonchev–Trinajstić information content (AvgIpc) is 3.52. The molecule has 0 N–H and O–H groups in total. The molecule has 3 aromatic rings. The summed E-state index contributed by atoms with van der Waals surface area (Å²) in [4.78, 5) is 17.4. The van der Waals surface area contributed by atoms with Crippen LogP contribution in [0.15, 0.2) is 36.4 Å². The van der Waals surface area contributed by atoms with Crippen molar-refractivity contribution in [1.29, 1.82) is 0 Å². The van der Waals surface area contributed by atoms with Gasteiger partial charge in [0.15, 0.2) is 17.3 Å². The van der Waals surface area contributed by atoms with Crippen LogP contribution in [0, 0.1) is 5.92 Å². The molecule has 178 valence electrons. The monoisotopic (exact) mass is 482 g/mol. The number of hydrogen-bond donors (Lipinski definition) is 0. The van der Waals surface area contributed by atoms with E-state index in [0.29, 0.717) is 42.8 Å². The van der Waals surface area contributed by atoms with E-state index in [1.165, 1.54) is 0 Å². The van der Waals surface area contributed by atoms with Crippen LogP contribution in [0.3, 0.4) is 0 Å². The van der Waals surface area contributed by atoms with Crippen LogP contribution in [-0.4, -0.2) is 75.8 Å². The van der Waals surface area contributed by atoms with Crippen molar-refractivity contribution in [2.75, 3.05) is 44.3 Å². The van der Waals surface area contributed by atoms with Crippen LogP contribution in [0.1, 0.15) is 25.7 Å². The number of fused-ring (bicyclic) bond motifs is 1. The smallest absolute Gasteiger partial charge is 0.225 e. The highest BCUT2D eigenvalue weighted by molar-refractivity contribution is 6.30. The number of nitrogens with zero attached hydrogens (tertiary/aromatic N) is 6. The summed E-state index contributed by atoms with van der Waals surface area (Å²) in [6.07, 6.45) is 3.16. The van der Waals surface area contributed by atoms with Crippen LogP contribution < -0.4 is 4.90 Å². The van der Waals surface area contributed by atoms with Gasteiger partial charge in [0.25, 0.3) is 0 Å². The summed E-state index contributed by atoms with van der Waals surface area (Å²) in [7, 11) is 0. The molecule has 0 radical (unpaired) electrons. The molecule has 3 saturated heterocycles. The fourth-order valence-electron chi connectivity index (χ4n) is 5.19. The van der Waals surface area contributed by atoms with Crippen LogP contribution >= 0.6 is 11.6 Å². The van der Waals surface area contributed by atoms with Gasteiger partial charge in [-0.2, -0.15) is 4.52 Å². The molecule has 6 rings (SSSR count). The van der Waals surface area contributed by atoms with E-state index in [2.05, 4.69) is 15.1 Å². The number of benzene rings is 1. The first-order valence-corrected chi connectivity index (χ1v) is 12.3. The Kier molecular flexibility index (Phi) is 5.63. The second-order valence-corrected chi connectivity index (χ2v) is 9.62. The predicted molar refractivity (Wildman–Crippen MR) is 127 cm³/mol. The number of piperidine rings is 2. The highest BCUT2D eigenvalue weighted by Crippen LogP contribution is 2.33. The molecule has 1 spiro atoms. The van der Waals surface area contributed by atoms with Gasteiger partial charge in [-0.1, -0.05) is 11.6 Å². The van der Waals surface area contributed by atoms with Gasteiger partial charge in [-0.25, -0.2) is 0 Å². The van der Waals surface area contributed by atoms with Gasteiger partial charge in [0.05, 0.1) is 13.2 Å². The van der Waals surface area contributed by atoms with Gasteiger partial charge in [0, 0.05) is 55.5 Å². The minimum Gasteiger partial charge on any atom is -0.355 e. The molecule has 0 atom stereocenters. The summed E-state index contributed by atoms with van der Waals surface area (Å²) in [6.45, 7) is 4.30. The van der Waals surface area contributed by atoms with E-state index in [9.17, 15) is 4.79 Å². The average molecular weight is 483 g/mol. The van der Waals surface area contributed by atoms with Crippen molar-refractivity contribution in [3.05, 3.63) is 41.4 Å². The quantitative estimate of drug-likeness (QED) is 0.567. The van der Waals surface area contributed by atoms with E-state index >= 15 is 0 Å². The molecule has 9 nitrogen and oxygen atoms in total. The maximum atomic E-state index is 13.1. The highest BCUT2D eigenvalue weighted by Gasteiger charge is 2.42. The van der Waals surface area contributed by atoms with Crippen LogP contribution in [0.2, 0.25) is 5.02 Å². The molecule has 1 amide bonds. The van der Waals surface area contributed by atoms with Gasteiger partial charge >= 0.3 is 0 Å². The molecule has 3 aliphatic rings. The van der Waals surface area contributed by atoms with Crippen molar-refractivity contribution in [3.8, 4) is 11.4 Å². The van der Waals surface area contributed by atoms with Gasteiger partial charge in [-0.3, -0.25) is 4.79 Å². The Hall–Kier alpha value is -2.75. The fourth-order valence-corrected chi connectivity index (χ4v) is 5.32. The van der Waals surface area contributed by atoms with Crippen LogP contribution in [-0.2, 0) is 14.3 Å². The molecule has 2 aromatic heterocycles. The molecule has 10 heteroatoms. The molecule has 5 heterocycles. The third-order valence-electron chi connectivity index (χ3n) is 7.17. The Bertz CT molecular complexity index is 1180. The number of anilines is 1. The normalized spacial score (nSPS) is 21.0. The topological polar surface area (TPSA) is 85.1 Å². The van der Waals surface area contributed by atoms with E-state index in [-0.39, 0.29) is 11.8 Å². The minimum atomic E-state index is -0.447. The van der Waals surface area contributed by atoms with Crippen LogP contribution in [0.4, 0.5) is 5.82 Å².